The fourth-order valence-corrected chi connectivity index (χ4v) is 2.20. The smallest absolute Gasteiger partial charge is 0.342 e. The minimum absolute atomic E-state index is 0.0673. The van der Waals surface area contributed by atoms with Crippen LogP contribution in [0.25, 0.3) is 0 Å². The van der Waals surface area contributed by atoms with Crippen molar-refractivity contribution in [1.29, 1.82) is 0 Å². The number of rotatable bonds is 4. The van der Waals surface area contributed by atoms with Crippen LogP contribution in [0.15, 0.2) is 15.8 Å². The van der Waals surface area contributed by atoms with Crippen molar-refractivity contribution in [2.45, 2.75) is 33.2 Å². The summed E-state index contributed by atoms with van der Waals surface area (Å²) in [7, 11) is 0. The Kier molecular flexibility index (Phi) is 2.88. The quantitative estimate of drug-likeness (QED) is 0.823. The highest BCUT2D eigenvalue weighted by Crippen LogP contribution is 2.52. The number of aromatic amines is 1. The van der Waals surface area contributed by atoms with Crippen LogP contribution >= 0.6 is 0 Å². The van der Waals surface area contributed by atoms with E-state index in [4.69, 9.17) is 5.11 Å². The highest BCUT2D eigenvalue weighted by atomic mass is 16.4. The number of aromatic nitrogens is 2. The Morgan fingerprint density at radius 1 is 1.50 bits per heavy atom. The number of carboxylic acid groups (broad SMARTS) is 1. The van der Waals surface area contributed by atoms with Gasteiger partial charge in [-0.05, 0) is 24.2 Å². The van der Waals surface area contributed by atoms with Gasteiger partial charge in [0.05, 0.1) is 0 Å². The Hall–Kier alpha value is -1.85. The van der Waals surface area contributed by atoms with E-state index in [0.717, 1.165) is 19.0 Å². The minimum atomic E-state index is -1.32. The van der Waals surface area contributed by atoms with Gasteiger partial charge in [0.2, 0.25) is 0 Å². The van der Waals surface area contributed by atoms with Crippen molar-refractivity contribution in [1.82, 2.24) is 9.55 Å². The zero-order valence-corrected chi connectivity index (χ0v) is 10.4. The van der Waals surface area contributed by atoms with Crippen LogP contribution in [-0.2, 0) is 6.54 Å². The van der Waals surface area contributed by atoms with Gasteiger partial charge < -0.3 is 5.11 Å². The van der Waals surface area contributed by atoms with Gasteiger partial charge in [0.15, 0.2) is 0 Å². The fourth-order valence-electron chi connectivity index (χ4n) is 2.20. The van der Waals surface area contributed by atoms with E-state index in [-0.39, 0.29) is 5.41 Å². The number of nitrogens with zero attached hydrogens (tertiary/aromatic N) is 1. The van der Waals surface area contributed by atoms with Crippen LogP contribution in [-0.4, -0.2) is 20.6 Å². The summed E-state index contributed by atoms with van der Waals surface area (Å²) in [6, 6.07) is 0. The minimum Gasteiger partial charge on any atom is -0.477 e. The molecule has 0 aromatic carbocycles. The standard InChI is InChI=1S/C12H16N2O4/c1-7(2)12(3-4-12)6-14-5-8(10(16)17)9(15)13-11(14)18/h5,7H,3-4,6H2,1-2H3,(H,16,17)(H,13,15,18). The first-order valence-corrected chi connectivity index (χ1v) is 5.93. The summed E-state index contributed by atoms with van der Waals surface area (Å²) in [6.07, 6.45) is 3.20. The molecule has 0 amide bonds. The van der Waals surface area contributed by atoms with Crippen LogP contribution in [0.5, 0.6) is 0 Å². The van der Waals surface area contributed by atoms with Gasteiger partial charge in [0.1, 0.15) is 5.56 Å². The topological polar surface area (TPSA) is 92.2 Å². The maximum absolute atomic E-state index is 11.7. The summed E-state index contributed by atoms with van der Waals surface area (Å²) < 4.78 is 1.30. The van der Waals surface area contributed by atoms with Crippen molar-refractivity contribution >= 4 is 5.97 Å². The van der Waals surface area contributed by atoms with Gasteiger partial charge in [-0.25, -0.2) is 9.59 Å². The molecule has 98 valence electrons. The lowest BCUT2D eigenvalue weighted by Gasteiger charge is -2.20. The van der Waals surface area contributed by atoms with E-state index in [0.29, 0.717) is 12.5 Å². The second kappa shape index (κ2) is 4.12. The summed E-state index contributed by atoms with van der Waals surface area (Å²) in [5.41, 5.74) is -1.72. The van der Waals surface area contributed by atoms with E-state index in [1.807, 2.05) is 4.98 Å². The lowest BCUT2D eigenvalue weighted by molar-refractivity contribution is 0.0693. The Bertz CT molecular complexity index is 593. The molecule has 0 atom stereocenters. The van der Waals surface area contributed by atoms with Crippen molar-refractivity contribution in [2.75, 3.05) is 0 Å². The number of hydrogen-bond acceptors (Lipinski definition) is 3. The summed E-state index contributed by atoms with van der Waals surface area (Å²) in [4.78, 5) is 35.9. The lowest BCUT2D eigenvalue weighted by atomic mass is 9.92. The van der Waals surface area contributed by atoms with Crippen LogP contribution in [0, 0.1) is 11.3 Å². The van der Waals surface area contributed by atoms with Gasteiger partial charge in [0.25, 0.3) is 5.56 Å². The maximum Gasteiger partial charge on any atom is 0.342 e. The van der Waals surface area contributed by atoms with Gasteiger partial charge in [0, 0.05) is 12.7 Å². The summed E-state index contributed by atoms with van der Waals surface area (Å²) >= 11 is 0. The fraction of sp³-hybridized carbons (Fsp3) is 0.583. The molecule has 1 aromatic heterocycles. The van der Waals surface area contributed by atoms with Gasteiger partial charge in [-0.3, -0.25) is 14.3 Å². The molecule has 1 aliphatic rings. The van der Waals surface area contributed by atoms with Gasteiger partial charge in [-0.1, -0.05) is 13.8 Å². The number of H-pyrrole nitrogens is 1. The number of carboxylic acids is 1. The lowest BCUT2D eigenvalue weighted by Crippen LogP contribution is -2.35. The van der Waals surface area contributed by atoms with E-state index in [2.05, 4.69) is 13.8 Å². The van der Waals surface area contributed by atoms with Crippen molar-refractivity contribution in [3.63, 3.8) is 0 Å². The van der Waals surface area contributed by atoms with E-state index in [1.165, 1.54) is 4.57 Å². The van der Waals surface area contributed by atoms with Crippen molar-refractivity contribution in [3.8, 4) is 0 Å². The molecule has 1 heterocycles. The Morgan fingerprint density at radius 2 is 2.11 bits per heavy atom. The SMILES string of the molecule is CC(C)C1(Cn2cc(C(=O)O)c(=O)[nH]c2=O)CC1. The van der Waals surface area contributed by atoms with Crippen LogP contribution in [0.4, 0.5) is 0 Å². The second-order valence-corrected chi connectivity index (χ2v) is 5.25. The Labute approximate surface area is 103 Å². The molecular weight excluding hydrogens is 236 g/mol. The third-order valence-corrected chi connectivity index (χ3v) is 3.84. The van der Waals surface area contributed by atoms with E-state index in [1.54, 1.807) is 0 Å². The zero-order chi connectivity index (χ0) is 13.5. The average Bonchev–Trinajstić information content (AvgIpc) is 3.02. The molecule has 0 saturated heterocycles. The highest BCUT2D eigenvalue weighted by Gasteiger charge is 2.45. The molecule has 6 nitrogen and oxygen atoms in total. The first-order chi connectivity index (χ1) is 8.35. The molecule has 0 aliphatic heterocycles. The average molecular weight is 252 g/mol. The van der Waals surface area contributed by atoms with Crippen molar-refractivity contribution in [2.24, 2.45) is 11.3 Å². The third-order valence-electron chi connectivity index (χ3n) is 3.84. The predicted octanol–water partition coefficient (Wildman–Crippen LogP) is 0.671. The second-order valence-electron chi connectivity index (χ2n) is 5.25. The van der Waals surface area contributed by atoms with Gasteiger partial charge >= 0.3 is 11.7 Å². The molecular formula is C12H16N2O4. The number of carbonyl (C=O) groups is 1. The molecule has 18 heavy (non-hydrogen) atoms. The third kappa shape index (κ3) is 2.10. The molecule has 0 spiro atoms. The van der Waals surface area contributed by atoms with Gasteiger partial charge in [-0.15, -0.1) is 0 Å². The molecule has 0 radical (unpaired) electrons. The molecule has 0 unspecified atom stereocenters. The zero-order valence-electron chi connectivity index (χ0n) is 10.4. The summed E-state index contributed by atoms with van der Waals surface area (Å²) in [6.45, 7) is 4.63. The Morgan fingerprint density at radius 3 is 2.56 bits per heavy atom. The first-order valence-electron chi connectivity index (χ1n) is 5.93. The normalized spacial score (nSPS) is 16.8. The monoisotopic (exact) mass is 252 g/mol. The number of aromatic carboxylic acids is 1. The highest BCUT2D eigenvalue weighted by molar-refractivity contribution is 5.86. The van der Waals surface area contributed by atoms with Crippen LogP contribution in [0.2, 0.25) is 0 Å². The number of nitrogens with one attached hydrogen (secondary N) is 1. The molecule has 1 aliphatic carbocycles. The summed E-state index contributed by atoms with van der Waals surface area (Å²) in [5, 5.41) is 8.87. The number of hydrogen-bond donors (Lipinski definition) is 2. The van der Waals surface area contributed by atoms with Crippen molar-refractivity contribution < 1.29 is 9.90 Å². The maximum atomic E-state index is 11.7. The molecule has 1 fully saturated rings. The summed E-state index contributed by atoms with van der Waals surface area (Å²) in [5.74, 6) is -0.899. The molecule has 2 rings (SSSR count). The van der Waals surface area contributed by atoms with Crippen LogP contribution in [0.3, 0.4) is 0 Å². The van der Waals surface area contributed by atoms with Gasteiger partial charge in [-0.2, -0.15) is 0 Å². The van der Waals surface area contributed by atoms with Crippen LogP contribution in [0.1, 0.15) is 37.0 Å². The molecule has 6 heteroatoms. The van der Waals surface area contributed by atoms with Crippen molar-refractivity contribution in [3.05, 3.63) is 32.6 Å². The van der Waals surface area contributed by atoms with Crippen LogP contribution < -0.4 is 11.2 Å². The molecule has 1 aromatic rings. The molecule has 0 bridgehead atoms. The Balaban J connectivity index is 2.40. The predicted molar refractivity (Wildman–Crippen MR) is 64.8 cm³/mol. The van der Waals surface area contributed by atoms with E-state index in [9.17, 15) is 14.4 Å². The van der Waals surface area contributed by atoms with E-state index < -0.39 is 22.8 Å². The molecule has 2 N–H and O–H groups in total. The first kappa shape index (κ1) is 12.6. The largest absolute Gasteiger partial charge is 0.477 e. The van der Waals surface area contributed by atoms with E-state index >= 15 is 0 Å². The molecule has 1 saturated carbocycles.